The number of nitrogen functional groups attached to an aromatic ring is 1. The molecule has 0 aliphatic heterocycles. The number of alkyl halides is 3. The van der Waals surface area contributed by atoms with E-state index < -0.39 is 11.7 Å². The number of aromatic nitrogens is 2. The molecule has 2 heterocycles. The normalized spacial score (nSPS) is 11.5. The van der Waals surface area contributed by atoms with Crippen LogP contribution in [0.1, 0.15) is 5.56 Å². The lowest BCUT2D eigenvalue weighted by atomic mass is 10.1. The third kappa shape index (κ3) is 2.35. The summed E-state index contributed by atoms with van der Waals surface area (Å²) in [7, 11) is 0. The van der Waals surface area contributed by atoms with Gasteiger partial charge in [0.05, 0.1) is 11.3 Å². The van der Waals surface area contributed by atoms with E-state index in [1.807, 2.05) is 0 Å². The molecule has 2 aromatic heterocycles. The Bertz CT molecular complexity index is 537. The summed E-state index contributed by atoms with van der Waals surface area (Å²) in [6, 6.07) is 5.43. The van der Waals surface area contributed by atoms with Crippen LogP contribution in [-0.2, 0) is 6.18 Å². The van der Waals surface area contributed by atoms with Crippen molar-refractivity contribution in [3.05, 3.63) is 42.2 Å². The molecule has 0 amide bonds. The smallest absolute Gasteiger partial charge is 0.384 e. The number of nitrogens with zero attached hydrogens (tertiary/aromatic N) is 2. The zero-order valence-electron chi connectivity index (χ0n) is 8.57. The van der Waals surface area contributed by atoms with Crippen molar-refractivity contribution in [2.45, 2.75) is 6.18 Å². The summed E-state index contributed by atoms with van der Waals surface area (Å²) in [4.78, 5) is 7.54. The fraction of sp³-hybridized carbons (Fsp3) is 0.0909. The summed E-state index contributed by atoms with van der Waals surface area (Å²) >= 11 is 0. The molecule has 0 unspecified atom stereocenters. The lowest BCUT2D eigenvalue weighted by Gasteiger charge is -2.11. The molecule has 2 aromatic rings. The predicted molar refractivity (Wildman–Crippen MR) is 56.9 cm³/mol. The number of hydrogen-bond donors (Lipinski definition) is 1. The quantitative estimate of drug-likeness (QED) is 0.832. The average molecular weight is 239 g/mol. The number of hydrogen-bond acceptors (Lipinski definition) is 3. The maximum Gasteiger partial charge on any atom is 0.417 e. The Morgan fingerprint density at radius 2 is 1.88 bits per heavy atom. The van der Waals surface area contributed by atoms with E-state index in [-0.39, 0.29) is 17.1 Å². The number of nitrogens with two attached hydrogens (primary N) is 1. The van der Waals surface area contributed by atoms with Gasteiger partial charge in [-0.1, -0.05) is 6.07 Å². The Hall–Kier alpha value is -2.11. The van der Waals surface area contributed by atoms with Crippen LogP contribution in [-0.4, -0.2) is 9.97 Å². The lowest BCUT2D eigenvalue weighted by molar-refractivity contribution is -0.137. The highest BCUT2D eigenvalue weighted by Crippen LogP contribution is 2.35. The fourth-order valence-corrected chi connectivity index (χ4v) is 1.45. The van der Waals surface area contributed by atoms with E-state index in [0.717, 1.165) is 18.5 Å². The first-order valence-electron chi connectivity index (χ1n) is 4.72. The van der Waals surface area contributed by atoms with Gasteiger partial charge in [0.15, 0.2) is 0 Å². The van der Waals surface area contributed by atoms with Crippen LogP contribution >= 0.6 is 0 Å². The minimum absolute atomic E-state index is 0.0766. The monoisotopic (exact) mass is 239 g/mol. The topological polar surface area (TPSA) is 51.8 Å². The van der Waals surface area contributed by atoms with Crippen LogP contribution in [0.4, 0.5) is 19.0 Å². The average Bonchev–Trinajstić information content (AvgIpc) is 2.28. The van der Waals surface area contributed by atoms with Gasteiger partial charge in [0.25, 0.3) is 0 Å². The molecule has 88 valence electrons. The maximum absolute atomic E-state index is 12.7. The highest BCUT2D eigenvalue weighted by atomic mass is 19.4. The molecule has 0 bridgehead atoms. The van der Waals surface area contributed by atoms with Gasteiger partial charge in [-0.25, -0.2) is 4.98 Å². The van der Waals surface area contributed by atoms with E-state index in [9.17, 15) is 13.2 Å². The van der Waals surface area contributed by atoms with Crippen LogP contribution in [0.3, 0.4) is 0 Å². The zero-order valence-corrected chi connectivity index (χ0v) is 8.57. The molecule has 0 spiro atoms. The summed E-state index contributed by atoms with van der Waals surface area (Å²) in [6.45, 7) is 0. The Labute approximate surface area is 95.1 Å². The number of rotatable bonds is 1. The van der Waals surface area contributed by atoms with E-state index in [1.54, 1.807) is 6.07 Å². The molecule has 0 aliphatic rings. The molecule has 2 rings (SSSR count). The van der Waals surface area contributed by atoms with Gasteiger partial charge in [-0.05, 0) is 18.2 Å². The molecule has 17 heavy (non-hydrogen) atoms. The summed E-state index contributed by atoms with van der Waals surface area (Å²) in [6.07, 6.45) is -2.21. The third-order valence-electron chi connectivity index (χ3n) is 2.17. The molecular formula is C11H8F3N3. The first kappa shape index (κ1) is 11.4. The van der Waals surface area contributed by atoms with Gasteiger partial charge in [-0.2, -0.15) is 13.2 Å². The zero-order chi connectivity index (χ0) is 12.5. The molecular weight excluding hydrogens is 231 g/mol. The first-order valence-corrected chi connectivity index (χ1v) is 4.72. The van der Waals surface area contributed by atoms with Gasteiger partial charge in [0.1, 0.15) is 5.82 Å². The number of halogens is 3. The molecule has 0 radical (unpaired) electrons. The molecule has 3 nitrogen and oxygen atoms in total. The van der Waals surface area contributed by atoms with Crippen molar-refractivity contribution >= 4 is 5.82 Å². The second-order valence-corrected chi connectivity index (χ2v) is 3.37. The summed E-state index contributed by atoms with van der Waals surface area (Å²) < 4.78 is 38.2. The minimum atomic E-state index is -4.44. The van der Waals surface area contributed by atoms with Gasteiger partial charge in [-0.15, -0.1) is 0 Å². The van der Waals surface area contributed by atoms with Crippen molar-refractivity contribution in [3.8, 4) is 11.3 Å². The number of pyridine rings is 2. The first-order chi connectivity index (χ1) is 7.98. The lowest BCUT2D eigenvalue weighted by Crippen LogP contribution is -2.08. The highest BCUT2D eigenvalue weighted by molar-refractivity contribution is 5.64. The molecule has 6 heteroatoms. The second kappa shape index (κ2) is 4.04. The van der Waals surface area contributed by atoms with Crippen LogP contribution in [0.2, 0.25) is 0 Å². The Balaban J connectivity index is 2.60. The molecule has 0 aromatic carbocycles. The second-order valence-electron chi connectivity index (χ2n) is 3.37. The van der Waals surface area contributed by atoms with Crippen molar-refractivity contribution in [2.24, 2.45) is 0 Å². The van der Waals surface area contributed by atoms with Gasteiger partial charge >= 0.3 is 6.18 Å². The Morgan fingerprint density at radius 3 is 2.53 bits per heavy atom. The van der Waals surface area contributed by atoms with E-state index in [2.05, 4.69) is 9.97 Å². The van der Waals surface area contributed by atoms with E-state index in [1.165, 1.54) is 12.1 Å². The van der Waals surface area contributed by atoms with Crippen LogP contribution in [0.25, 0.3) is 11.3 Å². The summed E-state index contributed by atoms with van der Waals surface area (Å²) in [5.41, 5.74) is 4.75. The largest absolute Gasteiger partial charge is 0.417 e. The molecule has 0 saturated heterocycles. The minimum Gasteiger partial charge on any atom is -0.384 e. The summed E-state index contributed by atoms with van der Waals surface area (Å²) in [5.74, 6) is 0.166. The van der Waals surface area contributed by atoms with Crippen LogP contribution < -0.4 is 5.73 Å². The summed E-state index contributed by atoms with van der Waals surface area (Å²) in [5, 5.41) is 0. The molecule has 0 aliphatic carbocycles. The van der Waals surface area contributed by atoms with E-state index in [0.29, 0.717) is 0 Å². The SMILES string of the molecule is Nc1cccc(-c2cnccc2C(F)(F)F)n1. The molecule has 2 N–H and O–H groups in total. The van der Waals surface area contributed by atoms with Crippen molar-refractivity contribution < 1.29 is 13.2 Å². The van der Waals surface area contributed by atoms with Crippen LogP contribution in [0.15, 0.2) is 36.7 Å². The maximum atomic E-state index is 12.7. The van der Waals surface area contributed by atoms with Crippen LogP contribution in [0, 0.1) is 0 Å². The van der Waals surface area contributed by atoms with Gasteiger partial charge in [0, 0.05) is 18.0 Å². The van der Waals surface area contributed by atoms with Gasteiger partial charge < -0.3 is 5.73 Å². The van der Waals surface area contributed by atoms with Crippen molar-refractivity contribution in [1.29, 1.82) is 0 Å². The van der Waals surface area contributed by atoms with Gasteiger partial charge in [-0.3, -0.25) is 4.98 Å². The molecule has 0 saturated carbocycles. The van der Waals surface area contributed by atoms with E-state index in [4.69, 9.17) is 5.73 Å². The standard InChI is InChI=1S/C11H8F3N3/c12-11(13,14)8-4-5-16-6-7(8)9-2-1-3-10(15)17-9/h1-6H,(H2,15,17). The van der Waals surface area contributed by atoms with Crippen molar-refractivity contribution in [1.82, 2.24) is 9.97 Å². The van der Waals surface area contributed by atoms with Crippen molar-refractivity contribution in [2.75, 3.05) is 5.73 Å². The Morgan fingerprint density at radius 1 is 1.12 bits per heavy atom. The molecule has 0 atom stereocenters. The fourth-order valence-electron chi connectivity index (χ4n) is 1.45. The number of anilines is 1. The predicted octanol–water partition coefficient (Wildman–Crippen LogP) is 2.74. The van der Waals surface area contributed by atoms with Crippen LogP contribution in [0.5, 0.6) is 0 Å². The third-order valence-corrected chi connectivity index (χ3v) is 2.17. The van der Waals surface area contributed by atoms with Gasteiger partial charge in [0.2, 0.25) is 0 Å². The highest BCUT2D eigenvalue weighted by Gasteiger charge is 2.33. The molecule has 0 fully saturated rings. The van der Waals surface area contributed by atoms with Crippen molar-refractivity contribution in [3.63, 3.8) is 0 Å². The van der Waals surface area contributed by atoms with E-state index >= 15 is 0 Å². The Kier molecular flexibility index (Phi) is 2.71.